The number of likely N-dealkylation sites (N-methyl/N-ethyl adjacent to an activating group) is 1. The number of carbonyl (C=O) groups excluding carboxylic acids is 1. The fraction of sp³-hybridized carbons (Fsp3) is 0.391. The van der Waals surface area contributed by atoms with Gasteiger partial charge in [0.2, 0.25) is 0 Å². The van der Waals surface area contributed by atoms with Gasteiger partial charge in [0.1, 0.15) is 5.75 Å². The van der Waals surface area contributed by atoms with E-state index in [9.17, 15) is 4.79 Å². The number of ether oxygens (including phenoxy) is 1. The van der Waals surface area contributed by atoms with Crippen LogP contribution in [0.25, 0.3) is 10.2 Å². The van der Waals surface area contributed by atoms with Gasteiger partial charge in [-0.15, -0.1) is 11.8 Å². The number of carbonyl (C=O) groups is 1. The van der Waals surface area contributed by atoms with Gasteiger partial charge in [-0.3, -0.25) is 9.69 Å². The smallest absolute Gasteiger partial charge is 0.260 e. The SMILES string of the molecule is CCCCOc1ccc(C(=O)N(CCN(C)C)c2nc3ccc(SC)cc3s2)cc1. The maximum atomic E-state index is 13.4. The molecular formula is C23H29N3O2S2. The predicted molar refractivity (Wildman–Crippen MR) is 128 cm³/mol. The molecule has 0 saturated heterocycles. The maximum Gasteiger partial charge on any atom is 0.260 e. The summed E-state index contributed by atoms with van der Waals surface area (Å²) >= 11 is 3.27. The Kier molecular flexibility index (Phi) is 8.13. The second-order valence-corrected chi connectivity index (χ2v) is 9.21. The van der Waals surface area contributed by atoms with Gasteiger partial charge >= 0.3 is 0 Å². The van der Waals surface area contributed by atoms with Crippen LogP contribution in [0.2, 0.25) is 0 Å². The highest BCUT2D eigenvalue weighted by Crippen LogP contribution is 2.32. The summed E-state index contributed by atoms with van der Waals surface area (Å²) in [6.07, 6.45) is 4.18. The lowest BCUT2D eigenvalue weighted by molar-refractivity contribution is 0.0985. The van der Waals surface area contributed by atoms with Gasteiger partial charge in [0.25, 0.3) is 5.91 Å². The average Bonchev–Trinajstić information content (AvgIpc) is 3.17. The van der Waals surface area contributed by atoms with E-state index in [2.05, 4.69) is 30.2 Å². The summed E-state index contributed by atoms with van der Waals surface area (Å²) in [5.41, 5.74) is 1.57. The first-order valence-electron chi connectivity index (χ1n) is 10.2. The molecule has 160 valence electrons. The molecule has 0 saturated carbocycles. The molecule has 1 heterocycles. The van der Waals surface area contributed by atoms with Crippen molar-refractivity contribution in [3.63, 3.8) is 0 Å². The van der Waals surface area contributed by atoms with Crippen molar-refractivity contribution in [2.75, 3.05) is 44.9 Å². The summed E-state index contributed by atoms with van der Waals surface area (Å²) in [7, 11) is 4.02. The van der Waals surface area contributed by atoms with E-state index in [-0.39, 0.29) is 5.91 Å². The fourth-order valence-corrected chi connectivity index (χ4v) is 4.45. The van der Waals surface area contributed by atoms with E-state index in [0.717, 1.165) is 40.5 Å². The third kappa shape index (κ3) is 5.74. The minimum atomic E-state index is -0.0406. The van der Waals surface area contributed by atoms with Crippen molar-refractivity contribution >= 4 is 44.4 Å². The van der Waals surface area contributed by atoms with Crippen LogP contribution in [0.15, 0.2) is 47.4 Å². The number of benzene rings is 2. The van der Waals surface area contributed by atoms with Crippen LogP contribution in [0.3, 0.4) is 0 Å². The Morgan fingerprint density at radius 3 is 2.57 bits per heavy atom. The second kappa shape index (κ2) is 10.8. The molecule has 0 atom stereocenters. The first-order valence-corrected chi connectivity index (χ1v) is 12.2. The summed E-state index contributed by atoms with van der Waals surface area (Å²) in [5.74, 6) is 0.755. The Morgan fingerprint density at radius 1 is 1.13 bits per heavy atom. The summed E-state index contributed by atoms with van der Waals surface area (Å²) < 4.78 is 6.82. The highest BCUT2D eigenvalue weighted by Gasteiger charge is 2.21. The minimum Gasteiger partial charge on any atom is -0.494 e. The second-order valence-electron chi connectivity index (χ2n) is 7.32. The molecule has 0 bridgehead atoms. The molecule has 1 amide bonds. The third-order valence-corrected chi connectivity index (χ3v) is 6.47. The molecule has 0 unspecified atom stereocenters. The zero-order valence-corrected chi connectivity index (χ0v) is 19.7. The molecule has 0 radical (unpaired) electrons. The predicted octanol–water partition coefficient (Wildman–Crippen LogP) is 5.41. The van der Waals surface area contributed by atoms with E-state index in [1.54, 1.807) is 28.0 Å². The monoisotopic (exact) mass is 443 g/mol. The number of unbranched alkanes of at least 4 members (excludes halogenated alkanes) is 1. The summed E-state index contributed by atoms with van der Waals surface area (Å²) in [6.45, 7) is 4.17. The number of rotatable bonds is 10. The Hall–Kier alpha value is -2.09. The molecule has 0 aliphatic heterocycles. The first-order chi connectivity index (χ1) is 14.5. The van der Waals surface area contributed by atoms with Crippen LogP contribution < -0.4 is 9.64 Å². The zero-order chi connectivity index (χ0) is 21.5. The van der Waals surface area contributed by atoms with Gasteiger partial charge in [-0.25, -0.2) is 4.98 Å². The molecule has 3 aromatic rings. The van der Waals surface area contributed by atoms with Gasteiger partial charge in [-0.1, -0.05) is 24.7 Å². The van der Waals surface area contributed by atoms with Gasteiger partial charge in [-0.2, -0.15) is 0 Å². The van der Waals surface area contributed by atoms with Crippen LogP contribution >= 0.6 is 23.1 Å². The molecule has 7 heteroatoms. The van der Waals surface area contributed by atoms with E-state index in [1.165, 1.54) is 4.90 Å². The number of thiazole rings is 1. The molecule has 0 fully saturated rings. The van der Waals surface area contributed by atoms with Crippen molar-refractivity contribution in [2.24, 2.45) is 0 Å². The minimum absolute atomic E-state index is 0.0406. The number of fused-ring (bicyclic) bond motifs is 1. The summed E-state index contributed by atoms with van der Waals surface area (Å²) in [6, 6.07) is 13.7. The quantitative estimate of drug-likeness (QED) is 0.310. The highest BCUT2D eigenvalue weighted by atomic mass is 32.2. The van der Waals surface area contributed by atoms with Crippen LogP contribution in [0.5, 0.6) is 5.75 Å². The van der Waals surface area contributed by atoms with Gasteiger partial charge in [0, 0.05) is 23.5 Å². The number of thioether (sulfide) groups is 1. The lowest BCUT2D eigenvalue weighted by atomic mass is 10.2. The Morgan fingerprint density at radius 2 is 1.90 bits per heavy atom. The number of hydrogen-bond acceptors (Lipinski definition) is 6. The molecule has 0 aliphatic carbocycles. The Balaban J connectivity index is 1.84. The Labute approximate surface area is 187 Å². The van der Waals surface area contributed by atoms with Crippen LogP contribution in [0.4, 0.5) is 5.13 Å². The number of anilines is 1. The van der Waals surface area contributed by atoms with Crippen molar-refractivity contribution in [1.82, 2.24) is 9.88 Å². The number of nitrogens with zero attached hydrogens (tertiary/aromatic N) is 3. The summed E-state index contributed by atoms with van der Waals surface area (Å²) in [4.78, 5) is 23.2. The Bertz CT molecular complexity index is 970. The van der Waals surface area contributed by atoms with E-state index in [0.29, 0.717) is 18.7 Å². The molecule has 0 spiro atoms. The summed E-state index contributed by atoms with van der Waals surface area (Å²) in [5, 5.41) is 0.735. The van der Waals surface area contributed by atoms with E-state index >= 15 is 0 Å². The van der Waals surface area contributed by atoms with E-state index in [4.69, 9.17) is 9.72 Å². The van der Waals surface area contributed by atoms with Crippen molar-refractivity contribution in [3.05, 3.63) is 48.0 Å². The van der Waals surface area contributed by atoms with Crippen LogP contribution in [0.1, 0.15) is 30.1 Å². The first kappa shape index (κ1) is 22.6. The topological polar surface area (TPSA) is 45.7 Å². The van der Waals surface area contributed by atoms with Crippen molar-refractivity contribution < 1.29 is 9.53 Å². The molecule has 2 aromatic carbocycles. The molecule has 5 nitrogen and oxygen atoms in total. The van der Waals surface area contributed by atoms with Crippen LogP contribution in [0, 0.1) is 0 Å². The van der Waals surface area contributed by atoms with Crippen LogP contribution in [-0.2, 0) is 0 Å². The molecule has 1 aromatic heterocycles. The zero-order valence-electron chi connectivity index (χ0n) is 18.1. The van der Waals surface area contributed by atoms with Crippen LogP contribution in [-0.4, -0.2) is 55.8 Å². The lowest BCUT2D eigenvalue weighted by Crippen LogP contribution is -2.36. The van der Waals surface area contributed by atoms with E-state index < -0.39 is 0 Å². The van der Waals surface area contributed by atoms with Gasteiger partial charge in [-0.05, 0) is 69.2 Å². The maximum absolute atomic E-state index is 13.4. The van der Waals surface area contributed by atoms with Crippen molar-refractivity contribution in [2.45, 2.75) is 24.7 Å². The normalized spacial score (nSPS) is 11.2. The largest absolute Gasteiger partial charge is 0.494 e. The molecule has 30 heavy (non-hydrogen) atoms. The number of amides is 1. The third-order valence-electron chi connectivity index (χ3n) is 4.70. The average molecular weight is 444 g/mol. The van der Waals surface area contributed by atoms with Gasteiger partial charge < -0.3 is 9.64 Å². The number of aromatic nitrogens is 1. The fourth-order valence-electron chi connectivity index (χ4n) is 2.90. The van der Waals surface area contributed by atoms with Gasteiger partial charge in [0.15, 0.2) is 5.13 Å². The molecule has 3 rings (SSSR count). The standard InChI is InChI=1S/C23H29N3O2S2/c1-5-6-15-28-18-9-7-17(8-10-18)22(27)26(14-13-25(2)3)23-24-20-12-11-19(29-4)16-21(20)30-23/h7-12,16H,5-6,13-15H2,1-4H3. The molecule has 0 N–H and O–H groups in total. The lowest BCUT2D eigenvalue weighted by Gasteiger charge is -2.22. The van der Waals surface area contributed by atoms with E-state index in [1.807, 2.05) is 44.4 Å². The molecule has 0 aliphatic rings. The van der Waals surface area contributed by atoms with Crippen molar-refractivity contribution in [1.29, 1.82) is 0 Å². The highest BCUT2D eigenvalue weighted by molar-refractivity contribution is 7.98. The van der Waals surface area contributed by atoms with Crippen molar-refractivity contribution in [3.8, 4) is 5.75 Å². The number of hydrogen-bond donors (Lipinski definition) is 0. The molecular weight excluding hydrogens is 414 g/mol. The van der Waals surface area contributed by atoms with Gasteiger partial charge in [0.05, 0.1) is 16.8 Å².